The van der Waals surface area contributed by atoms with Gasteiger partial charge in [0, 0.05) is 5.56 Å². The maximum atomic E-state index is 6.68. The SMILES string of the molecule is COc1ccc2c3c1OC1C(Cl)C=CC4(CC2)N(C)CCC314. The van der Waals surface area contributed by atoms with Crippen LogP contribution < -0.4 is 9.47 Å². The van der Waals surface area contributed by atoms with E-state index in [-0.39, 0.29) is 22.4 Å². The maximum absolute atomic E-state index is 6.68. The topological polar surface area (TPSA) is 21.7 Å². The Labute approximate surface area is 135 Å². The number of halogens is 1. The Bertz CT molecular complexity index is 703. The summed E-state index contributed by atoms with van der Waals surface area (Å²) in [5, 5.41) is -0.0809. The van der Waals surface area contributed by atoms with Crippen LogP contribution in [0.5, 0.6) is 11.5 Å². The van der Waals surface area contributed by atoms with E-state index in [2.05, 4.69) is 30.2 Å². The monoisotopic (exact) mass is 317 g/mol. The summed E-state index contributed by atoms with van der Waals surface area (Å²) in [5.74, 6) is 1.79. The Morgan fingerprint density at radius 3 is 3.05 bits per heavy atom. The van der Waals surface area contributed by atoms with Gasteiger partial charge in [-0.1, -0.05) is 18.2 Å². The molecule has 0 aromatic heterocycles. The highest BCUT2D eigenvalue weighted by Crippen LogP contribution is 2.66. The van der Waals surface area contributed by atoms with Crippen LogP contribution in [0, 0.1) is 0 Å². The number of methoxy groups -OCH3 is 1. The molecule has 1 aromatic rings. The molecule has 2 aliphatic carbocycles. The number of likely N-dealkylation sites (tertiary alicyclic amines) is 1. The first-order valence-corrected chi connectivity index (χ1v) is 8.49. The fourth-order valence-corrected chi connectivity index (χ4v) is 5.91. The first-order chi connectivity index (χ1) is 10.6. The van der Waals surface area contributed by atoms with Gasteiger partial charge in [0.15, 0.2) is 11.5 Å². The lowest BCUT2D eigenvalue weighted by molar-refractivity contribution is 0.0529. The minimum atomic E-state index is -0.0809. The molecule has 0 bridgehead atoms. The third-order valence-corrected chi connectivity index (χ3v) is 6.89. The Morgan fingerprint density at radius 2 is 2.23 bits per heavy atom. The Kier molecular flexibility index (Phi) is 2.42. The molecule has 3 nitrogen and oxygen atoms in total. The van der Waals surface area contributed by atoms with Crippen molar-refractivity contribution in [3.05, 3.63) is 35.4 Å². The molecular formula is C18H20ClNO2. The van der Waals surface area contributed by atoms with Crippen molar-refractivity contribution in [2.75, 3.05) is 20.7 Å². The van der Waals surface area contributed by atoms with Gasteiger partial charge in [0.05, 0.1) is 23.4 Å². The van der Waals surface area contributed by atoms with Crippen LogP contribution >= 0.6 is 11.6 Å². The van der Waals surface area contributed by atoms with Gasteiger partial charge in [-0.2, -0.15) is 0 Å². The van der Waals surface area contributed by atoms with Crippen LogP contribution in [0.3, 0.4) is 0 Å². The van der Waals surface area contributed by atoms with Crippen molar-refractivity contribution < 1.29 is 9.47 Å². The predicted octanol–water partition coefficient (Wildman–Crippen LogP) is 2.89. The van der Waals surface area contributed by atoms with Gasteiger partial charge in [-0.15, -0.1) is 11.6 Å². The molecule has 1 fully saturated rings. The molecule has 0 N–H and O–H groups in total. The second kappa shape index (κ2) is 4.01. The smallest absolute Gasteiger partial charge is 0.165 e. The number of hydrogen-bond donors (Lipinski definition) is 0. The molecule has 0 saturated carbocycles. The van der Waals surface area contributed by atoms with Gasteiger partial charge in [0.25, 0.3) is 0 Å². The van der Waals surface area contributed by atoms with Crippen molar-refractivity contribution in [3.8, 4) is 11.5 Å². The lowest BCUT2D eigenvalue weighted by atomic mass is 9.54. The number of ether oxygens (including phenoxy) is 2. The Hall–Kier alpha value is -1.19. The third-order valence-electron chi connectivity index (χ3n) is 6.52. The highest BCUT2D eigenvalue weighted by atomic mass is 35.5. The normalized spacial score (nSPS) is 41.0. The summed E-state index contributed by atoms with van der Waals surface area (Å²) in [4.78, 5) is 2.51. The van der Waals surface area contributed by atoms with Crippen LogP contribution in [-0.4, -0.2) is 42.6 Å². The molecular weight excluding hydrogens is 298 g/mol. The van der Waals surface area contributed by atoms with E-state index in [1.54, 1.807) is 7.11 Å². The minimum absolute atomic E-state index is 0.00877. The van der Waals surface area contributed by atoms with Gasteiger partial charge < -0.3 is 9.47 Å². The van der Waals surface area contributed by atoms with E-state index >= 15 is 0 Å². The summed E-state index contributed by atoms with van der Waals surface area (Å²) in [6.07, 6.45) is 7.86. The molecule has 4 unspecified atom stereocenters. The van der Waals surface area contributed by atoms with Crippen molar-refractivity contribution in [1.82, 2.24) is 4.90 Å². The summed E-state index contributed by atoms with van der Waals surface area (Å²) in [6, 6.07) is 4.27. The van der Waals surface area contributed by atoms with Crippen LogP contribution in [0.15, 0.2) is 24.3 Å². The first kappa shape index (κ1) is 13.3. The van der Waals surface area contributed by atoms with Crippen LogP contribution in [0.2, 0.25) is 0 Å². The Balaban J connectivity index is 1.87. The standard InChI is InChI=1S/C18H20ClNO2/c1-20-10-9-18-14-11-3-4-13(21-2)15(14)22-16(18)12(19)6-8-17(18,20)7-5-11/h3-4,6,8,12,16H,5,7,9-10H2,1-2H3. The highest BCUT2D eigenvalue weighted by Gasteiger charge is 2.70. The Morgan fingerprint density at radius 1 is 1.36 bits per heavy atom. The number of likely N-dealkylation sites (N-methyl/N-ethyl adjacent to an activating group) is 1. The summed E-state index contributed by atoms with van der Waals surface area (Å²) in [6.45, 7) is 1.09. The van der Waals surface area contributed by atoms with Crippen molar-refractivity contribution >= 4 is 11.6 Å². The molecule has 2 aliphatic heterocycles. The van der Waals surface area contributed by atoms with E-state index in [0.717, 1.165) is 37.3 Å². The molecule has 1 saturated heterocycles. The fourth-order valence-electron chi connectivity index (χ4n) is 5.57. The summed E-state index contributed by atoms with van der Waals surface area (Å²) in [5.41, 5.74) is 2.83. The van der Waals surface area contributed by atoms with Crippen molar-refractivity contribution in [1.29, 1.82) is 0 Å². The quantitative estimate of drug-likeness (QED) is 0.587. The number of aryl methyl sites for hydroxylation is 1. The van der Waals surface area contributed by atoms with Crippen molar-refractivity contribution in [3.63, 3.8) is 0 Å². The van der Waals surface area contributed by atoms with Crippen molar-refractivity contribution in [2.45, 2.75) is 41.7 Å². The van der Waals surface area contributed by atoms with E-state index in [4.69, 9.17) is 21.1 Å². The molecule has 1 spiro atoms. The highest BCUT2D eigenvalue weighted by molar-refractivity contribution is 6.22. The molecule has 4 heteroatoms. The third kappa shape index (κ3) is 1.19. The molecule has 1 aromatic carbocycles. The van der Waals surface area contributed by atoms with Gasteiger partial charge >= 0.3 is 0 Å². The molecule has 0 radical (unpaired) electrons. The summed E-state index contributed by atoms with van der Waals surface area (Å²) >= 11 is 6.68. The molecule has 2 heterocycles. The van der Waals surface area contributed by atoms with Gasteiger partial charge in [-0.25, -0.2) is 0 Å². The van der Waals surface area contributed by atoms with E-state index in [9.17, 15) is 0 Å². The summed E-state index contributed by atoms with van der Waals surface area (Å²) < 4.78 is 12.0. The fraction of sp³-hybridized carbons (Fsp3) is 0.556. The van der Waals surface area contributed by atoms with E-state index in [0.29, 0.717) is 0 Å². The van der Waals surface area contributed by atoms with Gasteiger partial charge in [0.2, 0.25) is 0 Å². The van der Waals surface area contributed by atoms with E-state index in [1.165, 1.54) is 11.1 Å². The van der Waals surface area contributed by atoms with Crippen LogP contribution in [-0.2, 0) is 11.8 Å². The number of alkyl halides is 1. The maximum Gasteiger partial charge on any atom is 0.165 e. The lowest BCUT2D eigenvalue weighted by Gasteiger charge is -2.53. The van der Waals surface area contributed by atoms with Crippen LogP contribution in [0.25, 0.3) is 0 Å². The zero-order valence-corrected chi connectivity index (χ0v) is 13.7. The number of nitrogens with zero attached hydrogens (tertiary/aromatic N) is 1. The first-order valence-electron chi connectivity index (χ1n) is 8.06. The molecule has 0 amide bonds. The zero-order valence-electron chi connectivity index (χ0n) is 12.9. The zero-order chi connectivity index (χ0) is 15.1. The van der Waals surface area contributed by atoms with E-state index < -0.39 is 0 Å². The van der Waals surface area contributed by atoms with Gasteiger partial charge in [-0.05, 0) is 44.5 Å². The second-order valence-electron chi connectivity index (χ2n) is 7.04. The lowest BCUT2D eigenvalue weighted by Crippen LogP contribution is -2.64. The molecule has 22 heavy (non-hydrogen) atoms. The van der Waals surface area contributed by atoms with Gasteiger partial charge in [-0.3, -0.25) is 4.90 Å². The predicted molar refractivity (Wildman–Crippen MR) is 86.2 cm³/mol. The number of rotatable bonds is 1. The number of hydrogen-bond acceptors (Lipinski definition) is 3. The average molecular weight is 318 g/mol. The summed E-state index contributed by atoms with van der Waals surface area (Å²) in [7, 11) is 3.96. The molecule has 4 atom stereocenters. The minimum Gasteiger partial charge on any atom is -0.493 e. The number of benzene rings is 1. The molecule has 116 valence electrons. The van der Waals surface area contributed by atoms with Gasteiger partial charge in [0.1, 0.15) is 6.10 Å². The van der Waals surface area contributed by atoms with E-state index in [1.807, 2.05) is 6.07 Å². The molecule has 4 aliphatic rings. The largest absolute Gasteiger partial charge is 0.493 e. The average Bonchev–Trinajstić information content (AvgIpc) is 3.05. The van der Waals surface area contributed by atoms with Crippen LogP contribution in [0.4, 0.5) is 0 Å². The second-order valence-corrected chi connectivity index (χ2v) is 7.54. The van der Waals surface area contributed by atoms with Crippen LogP contribution in [0.1, 0.15) is 24.0 Å². The van der Waals surface area contributed by atoms with Crippen molar-refractivity contribution in [2.24, 2.45) is 0 Å². The molecule has 5 rings (SSSR count).